The third-order valence-corrected chi connectivity index (χ3v) is 10.4. The average molecular weight is 650 g/mol. The van der Waals surface area contributed by atoms with Gasteiger partial charge in [-0.15, -0.1) is 0 Å². The number of carbonyl (C=O) groups excluding carboxylic acids is 1. The number of piperidine rings is 2. The van der Waals surface area contributed by atoms with Crippen LogP contribution in [0.3, 0.4) is 0 Å². The van der Waals surface area contributed by atoms with Crippen LogP contribution in [0.1, 0.15) is 88.0 Å². The average Bonchev–Trinajstić information content (AvgIpc) is 3.46. The lowest BCUT2D eigenvalue weighted by atomic mass is 9.84. The maximum Gasteiger partial charge on any atom is 0.253 e. The molecule has 1 saturated carbocycles. The smallest absolute Gasteiger partial charge is 0.253 e. The van der Waals surface area contributed by atoms with Gasteiger partial charge in [-0.1, -0.05) is 0 Å². The predicted octanol–water partition coefficient (Wildman–Crippen LogP) is 5.21. The zero-order valence-electron chi connectivity index (χ0n) is 28.2. The second kappa shape index (κ2) is 15.3. The number of pyridine rings is 1. The number of halogens is 1. The SMILES string of the molecule is CO[C@@H]1CCN(c2nccc(Nc3cc4c(cn3)c(C(=O)NC3CCN(CCCC5CCC(N)CC5)CC3)cn4C(C)C)n2)C[C@@H]1F. The third kappa shape index (κ3) is 8.21. The topological polar surface area (TPSA) is 126 Å². The number of hydrogen-bond acceptors (Lipinski definition) is 9. The zero-order valence-corrected chi connectivity index (χ0v) is 28.2. The molecular formula is C35H52FN9O2. The molecule has 0 bridgehead atoms. The molecule has 5 heterocycles. The fraction of sp³-hybridized carbons (Fsp3) is 0.657. The van der Waals surface area contributed by atoms with Gasteiger partial charge in [-0.3, -0.25) is 4.79 Å². The van der Waals surface area contributed by atoms with Crippen LogP contribution >= 0.6 is 0 Å². The summed E-state index contributed by atoms with van der Waals surface area (Å²) in [4.78, 5) is 31.7. The number of nitrogens with two attached hydrogens (primary N) is 1. The van der Waals surface area contributed by atoms with E-state index in [1.807, 2.05) is 17.2 Å². The molecule has 3 aromatic rings. The van der Waals surface area contributed by atoms with Crippen molar-refractivity contribution in [2.45, 2.75) is 102 Å². The number of rotatable bonds is 11. The van der Waals surface area contributed by atoms with E-state index in [9.17, 15) is 9.18 Å². The maximum atomic E-state index is 14.5. The van der Waals surface area contributed by atoms with E-state index in [1.54, 1.807) is 25.6 Å². The molecule has 11 nitrogen and oxygen atoms in total. The van der Waals surface area contributed by atoms with Crippen molar-refractivity contribution in [2.24, 2.45) is 11.7 Å². The first-order valence-electron chi connectivity index (χ1n) is 17.6. The lowest BCUT2D eigenvalue weighted by Gasteiger charge is -2.33. The Labute approximate surface area is 277 Å². The Balaban J connectivity index is 1.05. The highest BCUT2D eigenvalue weighted by Crippen LogP contribution is 2.29. The van der Waals surface area contributed by atoms with E-state index in [1.165, 1.54) is 38.5 Å². The van der Waals surface area contributed by atoms with Crippen molar-refractivity contribution in [3.05, 3.63) is 36.3 Å². The highest BCUT2D eigenvalue weighted by atomic mass is 19.1. The molecule has 1 amide bonds. The van der Waals surface area contributed by atoms with E-state index in [0.29, 0.717) is 42.2 Å². The summed E-state index contributed by atoms with van der Waals surface area (Å²) >= 11 is 0. The summed E-state index contributed by atoms with van der Waals surface area (Å²) in [5, 5.41) is 7.43. The molecular weight excluding hydrogens is 597 g/mol. The molecule has 0 aromatic carbocycles. The van der Waals surface area contributed by atoms with Gasteiger partial charge in [0.25, 0.3) is 5.91 Å². The Kier molecular flexibility index (Phi) is 10.9. The van der Waals surface area contributed by atoms with Gasteiger partial charge in [0.05, 0.1) is 23.7 Å². The first-order valence-corrected chi connectivity index (χ1v) is 17.6. The summed E-state index contributed by atoms with van der Waals surface area (Å²) in [6.07, 6.45) is 13.9. The maximum absolute atomic E-state index is 14.5. The second-order valence-electron chi connectivity index (χ2n) is 14.0. The van der Waals surface area contributed by atoms with Gasteiger partial charge in [0.1, 0.15) is 17.8 Å². The highest BCUT2D eigenvalue weighted by molar-refractivity contribution is 6.07. The van der Waals surface area contributed by atoms with E-state index < -0.39 is 12.3 Å². The van der Waals surface area contributed by atoms with Crippen LogP contribution in [-0.2, 0) is 4.74 Å². The van der Waals surface area contributed by atoms with Crippen molar-refractivity contribution < 1.29 is 13.9 Å². The van der Waals surface area contributed by atoms with Gasteiger partial charge in [0.15, 0.2) is 0 Å². The number of nitrogens with one attached hydrogen (secondary N) is 2. The largest absolute Gasteiger partial charge is 0.378 e. The molecule has 2 atom stereocenters. The van der Waals surface area contributed by atoms with Gasteiger partial charge >= 0.3 is 0 Å². The fourth-order valence-electron chi connectivity index (χ4n) is 7.50. The Morgan fingerprint density at radius 1 is 1.09 bits per heavy atom. The van der Waals surface area contributed by atoms with Crippen molar-refractivity contribution in [3.8, 4) is 0 Å². The minimum absolute atomic E-state index is 0.0466. The number of aromatic nitrogens is 4. The summed E-state index contributed by atoms with van der Waals surface area (Å²) in [5.74, 6) is 2.44. The van der Waals surface area contributed by atoms with Crippen LogP contribution in [0.15, 0.2) is 30.7 Å². The molecule has 256 valence electrons. The van der Waals surface area contributed by atoms with Crippen molar-refractivity contribution in [1.29, 1.82) is 0 Å². The molecule has 0 radical (unpaired) electrons. The number of likely N-dealkylation sites (tertiary alicyclic amines) is 1. The number of ether oxygens (including phenoxy) is 1. The number of fused-ring (bicyclic) bond motifs is 1. The predicted molar refractivity (Wildman–Crippen MR) is 184 cm³/mol. The first-order chi connectivity index (χ1) is 22.8. The van der Waals surface area contributed by atoms with E-state index in [-0.39, 0.29) is 24.5 Å². The Morgan fingerprint density at radius 2 is 1.87 bits per heavy atom. The molecule has 12 heteroatoms. The Hall–Kier alpha value is -3.35. The van der Waals surface area contributed by atoms with Crippen LogP contribution in [0.2, 0.25) is 0 Å². The highest BCUT2D eigenvalue weighted by Gasteiger charge is 2.30. The summed E-state index contributed by atoms with van der Waals surface area (Å²) in [5.41, 5.74) is 7.64. The van der Waals surface area contributed by atoms with Crippen molar-refractivity contribution in [3.63, 3.8) is 0 Å². The molecule has 2 saturated heterocycles. The summed E-state index contributed by atoms with van der Waals surface area (Å²) in [6, 6.07) is 4.46. The molecule has 3 aromatic heterocycles. The zero-order chi connectivity index (χ0) is 32.9. The van der Waals surface area contributed by atoms with Gasteiger partial charge in [0, 0.05) is 74.9 Å². The van der Waals surface area contributed by atoms with Crippen molar-refractivity contribution in [1.82, 2.24) is 29.7 Å². The number of anilines is 3. The number of nitrogens with zero attached hydrogens (tertiary/aromatic N) is 6. The molecule has 2 aliphatic heterocycles. The normalized spacial score (nSPS) is 24.6. The lowest BCUT2D eigenvalue weighted by molar-refractivity contribution is 0.0194. The molecule has 6 rings (SSSR count). The molecule has 3 fully saturated rings. The van der Waals surface area contributed by atoms with E-state index in [4.69, 9.17) is 10.5 Å². The number of methoxy groups -OCH3 is 1. The number of amides is 1. The summed E-state index contributed by atoms with van der Waals surface area (Å²) in [7, 11) is 1.55. The number of alkyl halides is 1. The van der Waals surface area contributed by atoms with Crippen LogP contribution < -0.4 is 21.3 Å². The quantitative estimate of drug-likeness (QED) is 0.257. The lowest BCUT2D eigenvalue weighted by Crippen LogP contribution is -2.46. The van der Waals surface area contributed by atoms with Crippen molar-refractivity contribution >= 4 is 34.4 Å². The van der Waals surface area contributed by atoms with E-state index in [2.05, 4.69) is 48.9 Å². The first kappa shape index (κ1) is 33.5. The van der Waals surface area contributed by atoms with Crippen LogP contribution in [0, 0.1) is 5.92 Å². The molecule has 1 aliphatic carbocycles. The van der Waals surface area contributed by atoms with Gasteiger partial charge in [-0.25, -0.2) is 14.4 Å². The van der Waals surface area contributed by atoms with Crippen LogP contribution in [-0.4, -0.2) is 94.5 Å². The van der Waals surface area contributed by atoms with E-state index >= 15 is 0 Å². The Morgan fingerprint density at radius 3 is 2.60 bits per heavy atom. The second-order valence-corrected chi connectivity index (χ2v) is 14.0. The fourth-order valence-corrected chi connectivity index (χ4v) is 7.50. The standard InChI is InChI=1S/C35H52FN9O2/c1-23(2)45-21-28(34(46)40-26-11-16-43(17-12-26)15-4-5-24-6-8-25(37)9-7-24)27-20-39-33(19-30(27)45)41-32-10-14-38-35(42-32)44-18-13-31(47-3)29(36)22-44/h10,14,19-21,23-26,29,31H,4-9,11-13,15-18,22,37H2,1-3H3,(H,40,46)(H,38,39,41,42)/t24?,25?,29-,31+/m0/s1. The van der Waals surface area contributed by atoms with Gasteiger partial charge in [-0.2, -0.15) is 4.98 Å². The van der Waals surface area contributed by atoms with Gasteiger partial charge < -0.3 is 35.5 Å². The minimum Gasteiger partial charge on any atom is -0.378 e. The third-order valence-electron chi connectivity index (χ3n) is 10.4. The molecule has 4 N–H and O–H groups in total. The molecule has 3 aliphatic rings. The van der Waals surface area contributed by atoms with Crippen LogP contribution in [0.4, 0.5) is 22.0 Å². The number of carbonyl (C=O) groups is 1. The molecule has 47 heavy (non-hydrogen) atoms. The monoisotopic (exact) mass is 649 g/mol. The minimum atomic E-state index is -1.09. The summed E-state index contributed by atoms with van der Waals surface area (Å²) < 4.78 is 21.9. The van der Waals surface area contributed by atoms with Crippen molar-refractivity contribution in [2.75, 3.05) is 50.1 Å². The van der Waals surface area contributed by atoms with Crippen LogP contribution in [0.5, 0.6) is 0 Å². The number of hydrogen-bond donors (Lipinski definition) is 3. The van der Waals surface area contributed by atoms with E-state index in [0.717, 1.165) is 49.3 Å². The Bertz CT molecular complexity index is 1480. The molecule has 0 unspecified atom stereocenters. The van der Waals surface area contributed by atoms with Gasteiger partial charge in [0.2, 0.25) is 5.95 Å². The van der Waals surface area contributed by atoms with Crippen LogP contribution in [0.25, 0.3) is 10.9 Å². The molecule has 0 spiro atoms. The summed E-state index contributed by atoms with van der Waals surface area (Å²) in [6.45, 7) is 8.22. The van der Waals surface area contributed by atoms with Gasteiger partial charge in [-0.05, 0) is 90.2 Å².